The normalized spacial score (nSPS) is 11.7. The Morgan fingerprint density at radius 3 is 2.50 bits per heavy atom. The highest BCUT2D eigenvalue weighted by molar-refractivity contribution is 7.10. The van der Waals surface area contributed by atoms with Gasteiger partial charge in [-0.15, -0.1) is 11.3 Å². The number of ketones is 1. The predicted octanol–water partition coefficient (Wildman–Crippen LogP) is 3.46. The van der Waals surface area contributed by atoms with Crippen molar-refractivity contribution in [3.8, 4) is 0 Å². The number of hydrogen-bond acceptors (Lipinski definition) is 3. The third kappa shape index (κ3) is 2.92. The van der Waals surface area contributed by atoms with Crippen molar-refractivity contribution in [1.82, 2.24) is 0 Å². The number of carbonyl (C=O) groups excluding carboxylic acids is 1. The number of Topliss-reactive ketones (excluding diaryl/α,β-unsaturated/α-hetero) is 1. The topological polar surface area (TPSA) is 26.3 Å². The van der Waals surface area contributed by atoms with E-state index in [1.54, 1.807) is 11.3 Å². The van der Waals surface area contributed by atoms with Gasteiger partial charge in [0.1, 0.15) is 5.60 Å². The molecule has 0 aromatic carbocycles. The van der Waals surface area contributed by atoms with Gasteiger partial charge in [0, 0.05) is 17.9 Å². The van der Waals surface area contributed by atoms with Crippen LogP contribution in [0.5, 0.6) is 0 Å². The highest BCUT2D eigenvalue weighted by atomic mass is 32.1. The molecule has 0 bridgehead atoms. The van der Waals surface area contributed by atoms with E-state index >= 15 is 0 Å². The average molecular weight is 240 g/mol. The van der Waals surface area contributed by atoms with Gasteiger partial charge in [-0.2, -0.15) is 0 Å². The monoisotopic (exact) mass is 240 g/mol. The van der Waals surface area contributed by atoms with E-state index in [-0.39, 0.29) is 5.78 Å². The third-order valence-corrected chi connectivity index (χ3v) is 3.86. The van der Waals surface area contributed by atoms with Gasteiger partial charge in [0.05, 0.1) is 0 Å². The molecule has 1 aromatic rings. The molecule has 16 heavy (non-hydrogen) atoms. The lowest BCUT2D eigenvalue weighted by atomic mass is 9.89. The Balaban J connectivity index is 2.74. The molecule has 0 radical (unpaired) electrons. The summed E-state index contributed by atoms with van der Waals surface area (Å²) in [5.41, 5.74) is -0.571. The lowest BCUT2D eigenvalue weighted by molar-refractivity contribution is -0.144. The van der Waals surface area contributed by atoms with Crippen LogP contribution in [0.4, 0.5) is 0 Å². The van der Waals surface area contributed by atoms with E-state index in [9.17, 15) is 4.79 Å². The molecule has 0 saturated carbocycles. The Kier molecular flexibility index (Phi) is 5.16. The molecule has 0 N–H and O–H groups in total. The standard InChI is InChI=1S/C13H20O2S/c1-4-13(5-2,15-6-3)12(14)10-11-8-7-9-16-11/h7-9H,4-6,10H2,1-3H3. The number of rotatable bonds is 7. The summed E-state index contributed by atoms with van der Waals surface area (Å²) >= 11 is 1.63. The van der Waals surface area contributed by atoms with Crippen LogP contribution in [0.2, 0.25) is 0 Å². The van der Waals surface area contributed by atoms with Crippen LogP contribution in [0.1, 0.15) is 38.5 Å². The first-order valence-electron chi connectivity index (χ1n) is 5.88. The summed E-state index contributed by atoms with van der Waals surface area (Å²) in [4.78, 5) is 13.4. The van der Waals surface area contributed by atoms with Crippen LogP contribution in [-0.2, 0) is 16.0 Å². The van der Waals surface area contributed by atoms with Crippen molar-refractivity contribution >= 4 is 17.1 Å². The predicted molar refractivity (Wildman–Crippen MR) is 68.0 cm³/mol. The molecule has 1 aromatic heterocycles. The second-order valence-corrected chi connectivity index (χ2v) is 4.85. The van der Waals surface area contributed by atoms with Gasteiger partial charge in [-0.1, -0.05) is 19.9 Å². The molecule has 1 rings (SSSR count). The number of carbonyl (C=O) groups is 1. The summed E-state index contributed by atoms with van der Waals surface area (Å²) < 4.78 is 5.69. The van der Waals surface area contributed by atoms with Crippen LogP contribution in [-0.4, -0.2) is 18.0 Å². The van der Waals surface area contributed by atoms with Crippen LogP contribution >= 0.6 is 11.3 Å². The van der Waals surface area contributed by atoms with Crippen molar-refractivity contribution in [2.24, 2.45) is 0 Å². The molecule has 90 valence electrons. The molecule has 0 unspecified atom stereocenters. The fraction of sp³-hybridized carbons (Fsp3) is 0.615. The van der Waals surface area contributed by atoms with Gasteiger partial charge in [-0.3, -0.25) is 4.79 Å². The Hall–Kier alpha value is -0.670. The van der Waals surface area contributed by atoms with Crippen molar-refractivity contribution in [2.45, 2.75) is 45.6 Å². The number of thiophene rings is 1. The SMILES string of the molecule is CCOC(CC)(CC)C(=O)Cc1cccs1. The number of ether oxygens (including phenoxy) is 1. The molecule has 2 nitrogen and oxygen atoms in total. The maximum atomic E-state index is 12.3. The average Bonchev–Trinajstić information content (AvgIpc) is 2.78. The first kappa shape index (κ1) is 13.4. The van der Waals surface area contributed by atoms with Gasteiger partial charge < -0.3 is 4.74 Å². The molecule has 0 fully saturated rings. The Labute approximate surface area is 102 Å². The van der Waals surface area contributed by atoms with E-state index in [1.165, 1.54) is 0 Å². The highest BCUT2D eigenvalue weighted by Crippen LogP contribution is 2.24. The zero-order valence-corrected chi connectivity index (χ0v) is 11.1. The molecule has 0 aliphatic carbocycles. The van der Waals surface area contributed by atoms with Crippen LogP contribution in [0.25, 0.3) is 0 Å². The van der Waals surface area contributed by atoms with Gasteiger partial charge in [-0.25, -0.2) is 0 Å². The van der Waals surface area contributed by atoms with Crippen molar-refractivity contribution in [2.75, 3.05) is 6.61 Å². The lowest BCUT2D eigenvalue weighted by Gasteiger charge is -2.29. The Morgan fingerprint density at radius 1 is 1.38 bits per heavy atom. The fourth-order valence-corrected chi connectivity index (χ4v) is 2.64. The summed E-state index contributed by atoms with van der Waals surface area (Å²) in [6.07, 6.45) is 2.00. The minimum Gasteiger partial charge on any atom is -0.368 e. The second-order valence-electron chi connectivity index (χ2n) is 3.81. The molecular formula is C13H20O2S. The second kappa shape index (κ2) is 6.16. The molecular weight excluding hydrogens is 220 g/mol. The van der Waals surface area contributed by atoms with Crippen molar-refractivity contribution < 1.29 is 9.53 Å². The minimum absolute atomic E-state index is 0.210. The van der Waals surface area contributed by atoms with Gasteiger partial charge >= 0.3 is 0 Å². The molecule has 3 heteroatoms. The first-order valence-corrected chi connectivity index (χ1v) is 6.76. The molecule has 0 atom stereocenters. The smallest absolute Gasteiger partial charge is 0.169 e. The van der Waals surface area contributed by atoms with Crippen molar-refractivity contribution in [3.63, 3.8) is 0 Å². The fourth-order valence-electron chi connectivity index (χ4n) is 1.94. The molecule has 1 heterocycles. The van der Waals surface area contributed by atoms with Crippen LogP contribution < -0.4 is 0 Å². The summed E-state index contributed by atoms with van der Waals surface area (Å²) in [5, 5.41) is 2.00. The summed E-state index contributed by atoms with van der Waals surface area (Å²) in [6.45, 7) is 6.58. The third-order valence-electron chi connectivity index (χ3n) is 2.99. The maximum Gasteiger partial charge on any atom is 0.169 e. The van der Waals surface area contributed by atoms with Gasteiger partial charge in [0.15, 0.2) is 5.78 Å². The van der Waals surface area contributed by atoms with E-state index in [2.05, 4.69) is 0 Å². The quantitative estimate of drug-likeness (QED) is 0.729. The molecule has 0 spiro atoms. The summed E-state index contributed by atoms with van der Waals surface area (Å²) in [5.74, 6) is 0.210. The van der Waals surface area contributed by atoms with E-state index < -0.39 is 5.60 Å². The minimum atomic E-state index is -0.571. The largest absolute Gasteiger partial charge is 0.368 e. The summed E-state index contributed by atoms with van der Waals surface area (Å²) in [6, 6.07) is 3.98. The van der Waals surface area contributed by atoms with E-state index in [0.29, 0.717) is 13.0 Å². The van der Waals surface area contributed by atoms with Crippen molar-refractivity contribution in [3.05, 3.63) is 22.4 Å². The van der Waals surface area contributed by atoms with Crippen LogP contribution in [0.15, 0.2) is 17.5 Å². The van der Waals surface area contributed by atoms with Crippen LogP contribution in [0.3, 0.4) is 0 Å². The molecule has 0 amide bonds. The molecule has 0 aliphatic heterocycles. The van der Waals surface area contributed by atoms with Crippen LogP contribution in [0, 0.1) is 0 Å². The van der Waals surface area contributed by atoms with E-state index in [1.807, 2.05) is 38.3 Å². The Bertz CT molecular complexity index is 313. The zero-order valence-electron chi connectivity index (χ0n) is 10.3. The van der Waals surface area contributed by atoms with Gasteiger partial charge in [0.25, 0.3) is 0 Å². The van der Waals surface area contributed by atoms with E-state index in [4.69, 9.17) is 4.74 Å². The van der Waals surface area contributed by atoms with Gasteiger partial charge in [0.2, 0.25) is 0 Å². The lowest BCUT2D eigenvalue weighted by Crippen LogP contribution is -2.41. The Morgan fingerprint density at radius 2 is 2.06 bits per heavy atom. The highest BCUT2D eigenvalue weighted by Gasteiger charge is 2.34. The van der Waals surface area contributed by atoms with Gasteiger partial charge in [-0.05, 0) is 31.2 Å². The summed E-state index contributed by atoms with van der Waals surface area (Å²) in [7, 11) is 0. The molecule has 0 saturated heterocycles. The maximum absolute atomic E-state index is 12.3. The first-order chi connectivity index (χ1) is 7.68. The number of hydrogen-bond donors (Lipinski definition) is 0. The zero-order chi connectivity index (χ0) is 12.0. The molecule has 0 aliphatic rings. The van der Waals surface area contributed by atoms with Crippen molar-refractivity contribution in [1.29, 1.82) is 0 Å². The van der Waals surface area contributed by atoms with E-state index in [0.717, 1.165) is 17.7 Å².